The number of carboxylic acids is 1. The Morgan fingerprint density at radius 1 is 1.69 bits per heavy atom. The fraction of sp³-hybridized carbons (Fsp3) is 0.500. The minimum Gasteiger partial charge on any atom is -0.481 e. The van der Waals surface area contributed by atoms with E-state index in [0.717, 1.165) is 23.5 Å². The molecule has 0 saturated heterocycles. The van der Waals surface area contributed by atoms with E-state index in [0.29, 0.717) is 6.42 Å². The van der Waals surface area contributed by atoms with E-state index in [1.807, 2.05) is 18.0 Å². The molecule has 0 saturated carbocycles. The monoisotopic (exact) mass is 237 g/mol. The molecule has 0 bridgehead atoms. The Labute approximate surface area is 99.3 Å². The minimum atomic E-state index is -0.743. The van der Waals surface area contributed by atoms with Crippen LogP contribution in [0.5, 0.6) is 0 Å². The van der Waals surface area contributed by atoms with Crippen molar-refractivity contribution in [2.45, 2.75) is 25.5 Å². The molecule has 0 spiro atoms. The minimum absolute atomic E-state index is 0.337. The molecule has 1 aromatic heterocycles. The van der Waals surface area contributed by atoms with Gasteiger partial charge in [-0.1, -0.05) is 13.0 Å². The van der Waals surface area contributed by atoms with Gasteiger partial charge in [-0.25, -0.2) is 0 Å². The number of pyridine rings is 1. The van der Waals surface area contributed by atoms with Crippen molar-refractivity contribution in [1.82, 2.24) is 4.98 Å². The quantitative estimate of drug-likeness (QED) is 0.875. The second-order valence-electron chi connectivity index (χ2n) is 4.20. The van der Waals surface area contributed by atoms with Gasteiger partial charge in [-0.3, -0.25) is 9.78 Å². The van der Waals surface area contributed by atoms with Crippen LogP contribution in [-0.2, 0) is 23.4 Å². The van der Waals surface area contributed by atoms with E-state index in [-0.39, 0.29) is 5.92 Å². The number of aliphatic carboxylic acids is 1. The molecule has 2 heterocycles. The molecule has 16 heavy (non-hydrogen) atoms. The van der Waals surface area contributed by atoms with Gasteiger partial charge in [-0.15, -0.1) is 0 Å². The average Bonchev–Trinajstić information content (AvgIpc) is 2.28. The Bertz CT molecular complexity index is 406. The topological polar surface area (TPSA) is 50.2 Å². The maximum absolute atomic E-state index is 10.8. The number of aryl methyl sites for hydroxylation is 1. The molecule has 0 amide bonds. The summed E-state index contributed by atoms with van der Waals surface area (Å²) in [6, 6.07) is 2.12. The van der Waals surface area contributed by atoms with Crippen molar-refractivity contribution >= 4 is 17.7 Å². The van der Waals surface area contributed by atoms with Crippen molar-refractivity contribution in [2.75, 3.05) is 5.75 Å². The van der Waals surface area contributed by atoms with E-state index >= 15 is 0 Å². The highest BCUT2D eigenvalue weighted by molar-refractivity contribution is 7.98. The van der Waals surface area contributed by atoms with Crippen LogP contribution in [0.2, 0.25) is 0 Å². The highest BCUT2D eigenvalue weighted by atomic mass is 32.2. The summed E-state index contributed by atoms with van der Waals surface area (Å²) in [7, 11) is 0. The summed E-state index contributed by atoms with van der Waals surface area (Å²) in [5.74, 6) is 1.07. The Morgan fingerprint density at radius 3 is 3.25 bits per heavy atom. The first kappa shape index (κ1) is 11.5. The van der Waals surface area contributed by atoms with Crippen LogP contribution in [0.4, 0.5) is 0 Å². The fourth-order valence-corrected chi connectivity index (χ4v) is 2.79. The van der Waals surface area contributed by atoms with Gasteiger partial charge in [-0.05, 0) is 29.7 Å². The van der Waals surface area contributed by atoms with E-state index < -0.39 is 5.97 Å². The van der Waals surface area contributed by atoms with Crippen LogP contribution in [0.15, 0.2) is 12.3 Å². The molecule has 0 aliphatic carbocycles. The van der Waals surface area contributed by atoms with Gasteiger partial charge in [0, 0.05) is 17.6 Å². The number of carbonyl (C=O) groups is 1. The largest absolute Gasteiger partial charge is 0.481 e. The predicted molar refractivity (Wildman–Crippen MR) is 64.6 cm³/mol. The highest BCUT2D eigenvalue weighted by Gasteiger charge is 2.15. The van der Waals surface area contributed by atoms with Gasteiger partial charge in [0.15, 0.2) is 0 Å². The van der Waals surface area contributed by atoms with E-state index in [1.165, 1.54) is 11.3 Å². The number of fused-ring (bicyclic) bond motifs is 1. The molecule has 0 aromatic carbocycles. The van der Waals surface area contributed by atoms with E-state index in [4.69, 9.17) is 5.11 Å². The molecule has 1 aliphatic rings. The van der Waals surface area contributed by atoms with Crippen LogP contribution in [-0.4, -0.2) is 21.8 Å². The van der Waals surface area contributed by atoms with E-state index in [9.17, 15) is 4.79 Å². The molecule has 2 rings (SSSR count). The zero-order valence-electron chi connectivity index (χ0n) is 9.27. The second-order valence-corrected chi connectivity index (χ2v) is 5.30. The Balaban J connectivity index is 2.14. The third kappa shape index (κ3) is 2.55. The Morgan fingerprint density at radius 2 is 2.50 bits per heavy atom. The van der Waals surface area contributed by atoms with Gasteiger partial charge in [0.05, 0.1) is 5.92 Å². The molecule has 3 nitrogen and oxygen atoms in total. The summed E-state index contributed by atoms with van der Waals surface area (Å²) >= 11 is 1.92. The molecular weight excluding hydrogens is 222 g/mol. The van der Waals surface area contributed by atoms with Crippen LogP contribution < -0.4 is 0 Å². The van der Waals surface area contributed by atoms with Gasteiger partial charge < -0.3 is 5.11 Å². The van der Waals surface area contributed by atoms with Crippen molar-refractivity contribution in [3.8, 4) is 0 Å². The van der Waals surface area contributed by atoms with Crippen LogP contribution in [0.1, 0.15) is 23.7 Å². The maximum Gasteiger partial charge on any atom is 0.306 e. The van der Waals surface area contributed by atoms with Gasteiger partial charge in [0.25, 0.3) is 0 Å². The van der Waals surface area contributed by atoms with Gasteiger partial charge in [0.2, 0.25) is 0 Å². The lowest BCUT2D eigenvalue weighted by Crippen LogP contribution is -2.13. The lowest BCUT2D eigenvalue weighted by molar-refractivity contribution is -0.141. The van der Waals surface area contributed by atoms with Crippen LogP contribution in [0.25, 0.3) is 0 Å². The summed E-state index contributed by atoms with van der Waals surface area (Å²) < 4.78 is 0. The third-order valence-electron chi connectivity index (χ3n) is 2.82. The normalized spacial score (nSPS) is 16.6. The standard InChI is InChI=1S/C12H15NO2S/c1-8(12(14)15)4-9-5-10-7-16-3-2-11(10)13-6-9/h5-6,8H,2-4,7H2,1H3,(H,14,15). The summed E-state index contributed by atoms with van der Waals surface area (Å²) in [6.45, 7) is 1.73. The molecule has 0 fully saturated rings. The summed E-state index contributed by atoms with van der Waals surface area (Å²) in [6.07, 6.45) is 3.43. The summed E-state index contributed by atoms with van der Waals surface area (Å²) in [5.41, 5.74) is 3.51. The average molecular weight is 237 g/mol. The van der Waals surface area contributed by atoms with E-state index in [2.05, 4.69) is 11.1 Å². The summed E-state index contributed by atoms with van der Waals surface area (Å²) in [5, 5.41) is 8.86. The van der Waals surface area contributed by atoms with Crippen LogP contribution in [0, 0.1) is 5.92 Å². The number of hydrogen-bond acceptors (Lipinski definition) is 3. The van der Waals surface area contributed by atoms with Gasteiger partial charge in [-0.2, -0.15) is 11.8 Å². The lowest BCUT2D eigenvalue weighted by atomic mass is 10.0. The number of thioether (sulfide) groups is 1. The van der Waals surface area contributed by atoms with Crippen LogP contribution >= 0.6 is 11.8 Å². The lowest BCUT2D eigenvalue weighted by Gasteiger charge is -2.15. The van der Waals surface area contributed by atoms with Crippen molar-refractivity contribution in [1.29, 1.82) is 0 Å². The van der Waals surface area contributed by atoms with Gasteiger partial charge in [0.1, 0.15) is 0 Å². The maximum atomic E-state index is 10.8. The predicted octanol–water partition coefficient (Wildman–Crippen LogP) is 2.13. The van der Waals surface area contributed by atoms with Crippen molar-refractivity contribution in [3.05, 3.63) is 29.1 Å². The van der Waals surface area contributed by atoms with Crippen LogP contribution in [0.3, 0.4) is 0 Å². The number of aromatic nitrogens is 1. The zero-order chi connectivity index (χ0) is 11.5. The number of hydrogen-bond donors (Lipinski definition) is 1. The second kappa shape index (κ2) is 4.87. The zero-order valence-corrected chi connectivity index (χ0v) is 10.1. The first-order chi connectivity index (χ1) is 7.66. The third-order valence-corrected chi connectivity index (χ3v) is 3.83. The van der Waals surface area contributed by atoms with Crippen molar-refractivity contribution in [2.24, 2.45) is 5.92 Å². The SMILES string of the molecule is CC(Cc1cnc2c(c1)CSCC2)C(=O)O. The molecule has 86 valence electrons. The first-order valence-electron chi connectivity index (χ1n) is 5.44. The molecule has 0 radical (unpaired) electrons. The van der Waals surface area contributed by atoms with E-state index in [1.54, 1.807) is 6.92 Å². The number of rotatable bonds is 3. The molecule has 1 aliphatic heterocycles. The number of nitrogens with zero attached hydrogens (tertiary/aromatic N) is 1. The smallest absolute Gasteiger partial charge is 0.306 e. The van der Waals surface area contributed by atoms with Crippen molar-refractivity contribution in [3.63, 3.8) is 0 Å². The first-order valence-corrected chi connectivity index (χ1v) is 6.59. The molecule has 4 heteroatoms. The molecule has 1 aromatic rings. The molecular formula is C12H15NO2S. The summed E-state index contributed by atoms with van der Waals surface area (Å²) in [4.78, 5) is 15.2. The molecule has 1 atom stereocenters. The molecule has 1 unspecified atom stereocenters. The molecule has 1 N–H and O–H groups in total. The fourth-order valence-electron chi connectivity index (χ4n) is 1.84. The number of carboxylic acid groups (broad SMARTS) is 1. The van der Waals surface area contributed by atoms with Gasteiger partial charge >= 0.3 is 5.97 Å². The van der Waals surface area contributed by atoms with Crippen molar-refractivity contribution < 1.29 is 9.90 Å². The Kier molecular flexibility index (Phi) is 3.49. The Hall–Kier alpha value is -1.03. The highest BCUT2D eigenvalue weighted by Crippen LogP contribution is 2.24.